The van der Waals surface area contributed by atoms with Crippen LogP contribution >= 0.6 is 12.2 Å². The van der Waals surface area contributed by atoms with Crippen LogP contribution in [-0.2, 0) is 4.79 Å². The number of nitrogens with one attached hydrogen (secondary N) is 3. The van der Waals surface area contributed by atoms with Gasteiger partial charge in [0.15, 0.2) is 5.11 Å². The van der Waals surface area contributed by atoms with Gasteiger partial charge in [-0.1, -0.05) is 43.7 Å². The van der Waals surface area contributed by atoms with Crippen molar-refractivity contribution in [2.24, 2.45) is 0 Å². The molecule has 0 radical (unpaired) electrons. The third kappa shape index (κ3) is 7.42. The van der Waals surface area contributed by atoms with E-state index in [-0.39, 0.29) is 16.9 Å². The molecule has 0 aliphatic heterocycles. The second kappa shape index (κ2) is 10.9. The molecule has 5 nitrogen and oxygen atoms in total. The Balaban J connectivity index is 1.82. The van der Waals surface area contributed by atoms with Crippen LogP contribution in [0.15, 0.2) is 60.7 Å². The number of unbranched alkanes of at least 4 members (excludes halogenated alkanes) is 1. The molecular weight excluding hydrogens is 358 g/mol. The van der Waals surface area contributed by atoms with Crippen LogP contribution in [0.4, 0.5) is 5.69 Å². The van der Waals surface area contributed by atoms with Crippen molar-refractivity contribution in [3.05, 3.63) is 71.8 Å². The van der Waals surface area contributed by atoms with Gasteiger partial charge in [0.05, 0.1) is 0 Å². The van der Waals surface area contributed by atoms with E-state index in [1.54, 1.807) is 30.3 Å². The van der Waals surface area contributed by atoms with E-state index in [1.807, 2.05) is 30.3 Å². The Morgan fingerprint density at radius 2 is 1.74 bits per heavy atom. The van der Waals surface area contributed by atoms with E-state index in [0.29, 0.717) is 17.8 Å². The van der Waals surface area contributed by atoms with Gasteiger partial charge in [-0.15, -0.1) is 0 Å². The topological polar surface area (TPSA) is 70.2 Å². The quantitative estimate of drug-likeness (QED) is 0.388. The van der Waals surface area contributed by atoms with E-state index in [9.17, 15) is 9.59 Å². The molecule has 3 N–H and O–H groups in total. The van der Waals surface area contributed by atoms with Crippen LogP contribution < -0.4 is 16.0 Å². The highest BCUT2D eigenvalue weighted by Gasteiger charge is 2.06. The molecule has 2 aromatic rings. The third-order valence-corrected chi connectivity index (χ3v) is 3.89. The first kappa shape index (κ1) is 20.3. The van der Waals surface area contributed by atoms with Crippen molar-refractivity contribution in [1.29, 1.82) is 0 Å². The van der Waals surface area contributed by atoms with E-state index >= 15 is 0 Å². The molecule has 0 heterocycles. The van der Waals surface area contributed by atoms with Gasteiger partial charge in [0, 0.05) is 23.9 Å². The summed E-state index contributed by atoms with van der Waals surface area (Å²) < 4.78 is 0. The highest BCUT2D eigenvalue weighted by Crippen LogP contribution is 2.09. The second-order valence-electron chi connectivity index (χ2n) is 5.87. The smallest absolute Gasteiger partial charge is 0.251 e. The van der Waals surface area contributed by atoms with Gasteiger partial charge in [-0.25, -0.2) is 0 Å². The van der Waals surface area contributed by atoms with Crippen molar-refractivity contribution in [2.45, 2.75) is 19.8 Å². The number of carbonyl (C=O) groups is 2. The molecule has 0 aromatic heterocycles. The number of thiocarbonyl (C=S) groups is 1. The van der Waals surface area contributed by atoms with Crippen LogP contribution in [-0.4, -0.2) is 23.5 Å². The van der Waals surface area contributed by atoms with Crippen LogP contribution in [0.1, 0.15) is 35.7 Å². The maximum absolute atomic E-state index is 12.0. The zero-order chi connectivity index (χ0) is 19.5. The first-order valence-corrected chi connectivity index (χ1v) is 9.22. The first-order valence-electron chi connectivity index (χ1n) is 8.82. The molecule has 140 valence electrons. The van der Waals surface area contributed by atoms with Gasteiger partial charge in [-0.2, -0.15) is 0 Å². The zero-order valence-corrected chi connectivity index (χ0v) is 16.0. The molecule has 0 saturated carbocycles. The Hall–Kier alpha value is -2.99. The normalized spacial score (nSPS) is 10.4. The lowest BCUT2D eigenvalue weighted by Crippen LogP contribution is -2.32. The van der Waals surface area contributed by atoms with Crippen molar-refractivity contribution in [3.8, 4) is 0 Å². The second-order valence-corrected chi connectivity index (χ2v) is 6.28. The largest absolute Gasteiger partial charge is 0.352 e. The Bertz CT molecular complexity index is 802. The van der Waals surface area contributed by atoms with Gasteiger partial charge in [-0.05, 0) is 54.5 Å². The Morgan fingerprint density at radius 1 is 1.04 bits per heavy atom. The lowest BCUT2D eigenvalue weighted by molar-refractivity contribution is -0.115. The van der Waals surface area contributed by atoms with Crippen molar-refractivity contribution in [1.82, 2.24) is 10.6 Å². The molecule has 0 spiro atoms. The molecule has 0 bridgehead atoms. The van der Waals surface area contributed by atoms with Gasteiger partial charge >= 0.3 is 0 Å². The molecule has 0 atom stereocenters. The van der Waals surface area contributed by atoms with Crippen LogP contribution in [0.25, 0.3) is 6.08 Å². The van der Waals surface area contributed by atoms with E-state index in [2.05, 4.69) is 22.9 Å². The predicted octanol–water partition coefficient (Wildman–Crippen LogP) is 3.74. The molecule has 0 aliphatic carbocycles. The number of benzene rings is 2. The summed E-state index contributed by atoms with van der Waals surface area (Å²) in [5, 5.41) is 8.57. The number of carbonyl (C=O) groups excluding carboxylic acids is 2. The summed E-state index contributed by atoms with van der Waals surface area (Å²) in [6, 6.07) is 16.4. The van der Waals surface area contributed by atoms with Crippen LogP contribution in [0.3, 0.4) is 0 Å². The lowest BCUT2D eigenvalue weighted by Gasteiger charge is -2.09. The summed E-state index contributed by atoms with van der Waals surface area (Å²) in [4.78, 5) is 23.9. The predicted molar refractivity (Wildman–Crippen MR) is 114 cm³/mol. The number of anilines is 1. The molecule has 0 unspecified atom stereocenters. The van der Waals surface area contributed by atoms with Crippen molar-refractivity contribution < 1.29 is 9.59 Å². The SMILES string of the molecule is CCCCNC(=O)c1ccc(NC(=S)NC(=O)/C=C/c2ccccc2)cc1. The summed E-state index contributed by atoms with van der Waals surface area (Å²) in [6.07, 6.45) is 5.13. The summed E-state index contributed by atoms with van der Waals surface area (Å²) in [6.45, 7) is 2.74. The summed E-state index contributed by atoms with van der Waals surface area (Å²) >= 11 is 5.14. The molecule has 2 aromatic carbocycles. The fourth-order valence-corrected chi connectivity index (χ4v) is 2.46. The van der Waals surface area contributed by atoms with Crippen LogP contribution in [0.5, 0.6) is 0 Å². The Labute approximate surface area is 164 Å². The van der Waals surface area contributed by atoms with Crippen molar-refractivity contribution >= 4 is 40.9 Å². The highest BCUT2D eigenvalue weighted by molar-refractivity contribution is 7.80. The lowest BCUT2D eigenvalue weighted by atomic mass is 10.2. The summed E-state index contributed by atoms with van der Waals surface area (Å²) in [5.74, 6) is -0.416. The molecule has 0 fully saturated rings. The first-order chi connectivity index (χ1) is 13.1. The van der Waals surface area contributed by atoms with E-state index < -0.39 is 0 Å². The zero-order valence-electron chi connectivity index (χ0n) is 15.2. The number of amides is 2. The molecule has 2 amide bonds. The Morgan fingerprint density at radius 3 is 2.41 bits per heavy atom. The van der Waals surface area contributed by atoms with E-state index in [1.165, 1.54) is 6.08 Å². The molecule has 2 rings (SSSR count). The van der Waals surface area contributed by atoms with Gasteiger partial charge in [-0.3, -0.25) is 14.9 Å². The van der Waals surface area contributed by atoms with E-state index in [0.717, 1.165) is 18.4 Å². The third-order valence-electron chi connectivity index (χ3n) is 3.68. The highest BCUT2D eigenvalue weighted by atomic mass is 32.1. The minimum absolute atomic E-state index is 0.100. The van der Waals surface area contributed by atoms with Gasteiger partial charge in [0.25, 0.3) is 5.91 Å². The summed E-state index contributed by atoms with van der Waals surface area (Å²) in [7, 11) is 0. The molecule has 27 heavy (non-hydrogen) atoms. The molecule has 0 saturated heterocycles. The fourth-order valence-electron chi connectivity index (χ4n) is 2.24. The average molecular weight is 382 g/mol. The minimum Gasteiger partial charge on any atom is -0.352 e. The number of hydrogen-bond donors (Lipinski definition) is 3. The monoisotopic (exact) mass is 381 g/mol. The van der Waals surface area contributed by atoms with E-state index in [4.69, 9.17) is 12.2 Å². The van der Waals surface area contributed by atoms with Gasteiger partial charge in [0.2, 0.25) is 5.91 Å². The van der Waals surface area contributed by atoms with Gasteiger partial charge in [0.1, 0.15) is 0 Å². The number of hydrogen-bond acceptors (Lipinski definition) is 3. The molecule has 0 aliphatic rings. The molecule has 6 heteroatoms. The number of rotatable bonds is 7. The van der Waals surface area contributed by atoms with Crippen molar-refractivity contribution in [3.63, 3.8) is 0 Å². The maximum atomic E-state index is 12.0. The van der Waals surface area contributed by atoms with Crippen LogP contribution in [0, 0.1) is 0 Å². The van der Waals surface area contributed by atoms with Crippen LogP contribution in [0.2, 0.25) is 0 Å². The minimum atomic E-state index is -0.316. The standard InChI is InChI=1S/C21H23N3O2S/c1-2-3-15-22-20(26)17-10-12-18(13-11-17)23-21(27)24-19(25)14-9-16-7-5-4-6-8-16/h4-14H,2-3,15H2,1H3,(H,22,26)(H2,23,24,25,27)/b14-9+. The maximum Gasteiger partial charge on any atom is 0.251 e. The Kier molecular flexibility index (Phi) is 8.19. The average Bonchev–Trinajstić information content (AvgIpc) is 2.68. The van der Waals surface area contributed by atoms with Gasteiger partial charge < -0.3 is 10.6 Å². The fraction of sp³-hybridized carbons (Fsp3) is 0.190. The summed E-state index contributed by atoms with van der Waals surface area (Å²) in [5.41, 5.74) is 2.20. The van der Waals surface area contributed by atoms with Crippen molar-refractivity contribution in [2.75, 3.05) is 11.9 Å². The molecular formula is C21H23N3O2S.